The van der Waals surface area contributed by atoms with Crippen LogP contribution in [0.1, 0.15) is 19.8 Å². The second-order valence-corrected chi connectivity index (χ2v) is 4.28. The van der Waals surface area contributed by atoms with Crippen molar-refractivity contribution in [1.82, 2.24) is 15.5 Å². The lowest BCUT2D eigenvalue weighted by atomic mass is 10.4. The highest BCUT2D eigenvalue weighted by Crippen LogP contribution is 2.25. The van der Waals surface area contributed by atoms with Gasteiger partial charge in [-0.3, -0.25) is 9.89 Å². The molecule has 0 aliphatic heterocycles. The summed E-state index contributed by atoms with van der Waals surface area (Å²) in [6.07, 6.45) is 2.74. The van der Waals surface area contributed by atoms with Gasteiger partial charge in [0.2, 0.25) is 0 Å². The van der Waals surface area contributed by atoms with Crippen LogP contribution in [0.25, 0.3) is 0 Å². The Morgan fingerprint density at radius 3 is 2.50 bits per heavy atom. The lowest BCUT2D eigenvalue weighted by molar-refractivity contribution is 0.203. The van der Waals surface area contributed by atoms with E-state index in [0.29, 0.717) is 6.61 Å². The van der Waals surface area contributed by atoms with E-state index in [1.807, 2.05) is 0 Å². The first-order valence-corrected chi connectivity index (χ1v) is 6.49. The molecule has 0 radical (unpaired) electrons. The number of methoxy groups -OCH3 is 1. The van der Waals surface area contributed by atoms with Crippen LogP contribution in [-0.4, -0.2) is 63.8 Å². The van der Waals surface area contributed by atoms with Crippen molar-refractivity contribution in [3.8, 4) is 0 Å². The minimum atomic E-state index is 0. The lowest BCUT2D eigenvalue weighted by Crippen LogP contribution is -2.42. The Morgan fingerprint density at radius 2 is 2.00 bits per heavy atom. The molecule has 1 rings (SSSR count). The van der Waals surface area contributed by atoms with Crippen LogP contribution in [0, 0.1) is 0 Å². The van der Waals surface area contributed by atoms with Crippen molar-refractivity contribution < 1.29 is 4.74 Å². The Labute approximate surface area is 128 Å². The molecular weight excluding hydrogens is 343 g/mol. The summed E-state index contributed by atoms with van der Waals surface area (Å²) >= 11 is 0. The first-order chi connectivity index (χ1) is 8.31. The lowest BCUT2D eigenvalue weighted by Gasteiger charge is -2.20. The minimum Gasteiger partial charge on any atom is -0.383 e. The topological polar surface area (TPSA) is 48.9 Å². The van der Waals surface area contributed by atoms with Gasteiger partial charge in [0.1, 0.15) is 0 Å². The van der Waals surface area contributed by atoms with Gasteiger partial charge in [-0.2, -0.15) is 0 Å². The average Bonchev–Trinajstić information content (AvgIpc) is 3.17. The number of hydrogen-bond donors (Lipinski definition) is 2. The van der Waals surface area contributed by atoms with E-state index in [4.69, 9.17) is 4.74 Å². The molecule has 0 spiro atoms. The van der Waals surface area contributed by atoms with Gasteiger partial charge in [0.15, 0.2) is 5.96 Å². The number of halogens is 1. The summed E-state index contributed by atoms with van der Waals surface area (Å²) in [6.45, 7) is 6.88. The Balaban J connectivity index is 0.00000289. The molecule has 0 aromatic rings. The molecule has 108 valence electrons. The maximum Gasteiger partial charge on any atom is 0.191 e. The molecule has 0 amide bonds. The summed E-state index contributed by atoms with van der Waals surface area (Å²) in [5.41, 5.74) is 0. The van der Waals surface area contributed by atoms with Crippen molar-refractivity contribution in [1.29, 1.82) is 0 Å². The second-order valence-electron chi connectivity index (χ2n) is 4.28. The van der Waals surface area contributed by atoms with Crippen LogP contribution in [0.2, 0.25) is 0 Å². The van der Waals surface area contributed by atoms with Crippen LogP contribution in [-0.2, 0) is 4.74 Å². The van der Waals surface area contributed by atoms with Gasteiger partial charge in [0.05, 0.1) is 6.61 Å². The van der Waals surface area contributed by atoms with Gasteiger partial charge < -0.3 is 15.4 Å². The summed E-state index contributed by atoms with van der Waals surface area (Å²) in [5.74, 6) is 0.855. The number of guanidine groups is 1. The number of ether oxygens (including phenoxy) is 1. The van der Waals surface area contributed by atoms with Crippen molar-refractivity contribution in [3.05, 3.63) is 0 Å². The van der Waals surface area contributed by atoms with Gasteiger partial charge in [0, 0.05) is 39.8 Å². The van der Waals surface area contributed by atoms with Crippen LogP contribution >= 0.6 is 24.0 Å². The van der Waals surface area contributed by atoms with Gasteiger partial charge in [-0.25, -0.2) is 0 Å². The molecule has 1 aliphatic carbocycles. The monoisotopic (exact) mass is 370 g/mol. The van der Waals surface area contributed by atoms with Crippen molar-refractivity contribution in [2.24, 2.45) is 4.99 Å². The molecule has 0 unspecified atom stereocenters. The highest BCUT2D eigenvalue weighted by atomic mass is 127. The molecule has 0 bridgehead atoms. The van der Waals surface area contributed by atoms with Gasteiger partial charge >= 0.3 is 0 Å². The van der Waals surface area contributed by atoms with Crippen molar-refractivity contribution in [2.45, 2.75) is 25.8 Å². The molecule has 5 nitrogen and oxygen atoms in total. The Morgan fingerprint density at radius 1 is 1.33 bits per heavy atom. The Hall–Kier alpha value is -0.0800. The number of nitrogens with zero attached hydrogens (tertiary/aromatic N) is 2. The van der Waals surface area contributed by atoms with E-state index in [-0.39, 0.29) is 24.0 Å². The molecule has 2 N–H and O–H groups in total. The second kappa shape index (κ2) is 10.8. The van der Waals surface area contributed by atoms with Crippen molar-refractivity contribution >= 4 is 29.9 Å². The molecule has 6 heteroatoms. The first kappa shape index (κ1) is 17.9. The fourth-order valence-electron chi connectivity index (χ4n) is 1.85. The number of rotatable bonds is 8. The van der Waals surface area contributed by atoms with Crippen LogP contribution in [0.4, 0.5) is 0 Å². The van der Waals surface area contributed by atoms with Crippen LogP contribution in [0.5, 0.6) is 0 Å². The third kappa shape index (κ3) is 7.38. The summed E-state index contributed by atoms with van der Waals surface area (Å²) in [7, 11) is 3.49. The van der Waals surface area contributed by atoms with Crippen LogP contribution < -0.4 is 10.6 Å². The van der Waals surface area contributed by atoms with Crippen LogP contribution in [0.15, 0.2) is 4.99 Å². The smallest absolute Gasteiger partial charge is 0.191 e. The standard InChI is InChI=1S/C12H26N4O.HI/c1-4-16(11-5-6-11)9-7-14-12(13-2)15-8-10-17-3;/h11H,4-10H2,1-3H3,(H2,13,14,15);1H. The number of hydrogen-bond acceptors (Lipinski definition) is 3. The van der Waals surface area contributed by atoms with Crippen LogP contribution in [0.3, 0.4) is 0 Å². The van der Waals surface area contributed by atoms with Crippen molar-refractivity contribution in [2.75, 3.05) is 46.9 Å². The maximum atomic E-state index is 4.98. The largest absolute Gasteiger partial charge is 0.383 e. The highest BCUT2D eigenvalue weighted by Gasteiger charge is 2.27. The summed E-state index contributed by atoms with van der Waals surface area (Å²) in [6, 6.07) is 0.838. The third-order valence-corrected chi connectivity index (χ3v) is 2.98. The number of nitrogens with one attached hydrogen (secondary N) is 2. The maximum absolute atomic E-state index is 4.98. The van der Waals surface area contributed by atoms with Gasteiger partial charge in [-0.1, -0.05) is 6.92 Å². The Bertz CT molecular complexity index is 234. The van der Waals surface area contributed by atoms with Crippen molar-refractivity contribution in [3.63, 3.8) is 0 Å². The fraction of sp³-hybridized carbons (Fsp3) is 0.917. The predicted octanol–water partition coefficient (Wildman–Crippen LogP) is 0.900. The molecule has 0 aromatic carbocycles. The van der Waals surface area contributed by atoms with Gasteiger partial charge in [0.25, 0.3) is 0 Å². The van der Waals surface area contributed by atoms with Gasteiger partial charge in [-0.05, 0) is 19.4 Å². The van der Waals surface area contributed by atoms with E-state index >= 15 is 0 Å². The average molecular weight is 370 g/mol. The zero-order chi connectivity index (χ0) is 12.5. The third-order valence-electron chi connectivity index (χ3n) is 2.98. The van der Waals surface area contributed by atoms with E-state index in [9.17, 15) is 0 Å². The predicted molar refractivity (Wildman–Crippen MR) is 86.9 cm³/mol. The molecule has 1 saturated carbocycles. The SMILES string of the molecule is CCN(CCNC(=NC)NCCOC)C1CC1.I. The van der Waals surface area contributed by atoms with Gasteiger partial charge in [-0.15, -0.1) is 24.0 Å². The normalized spacial score (nSPS) is 15.4. The summed E-state index contributed by atoms with van der Waals surface area (Å²) in [5, 5.41) is 6.52. The molecule has 1 fully saturated rings. The zero-order valence-corrected chi connectivity index (χ0v) is 14.1. The number of aliphatic imine (C=N–C) groups is 1. The molecule has 18 heavy (non-hydrogen) atoms. The molecule has 0 aromatic heterocycles. The summed E-state index contributed by atoms with van der Waals surface area (Å²) < 4.78 is 4.98. The molecular formula is C12H27IN4O. The van der Waals surface area contributed by atoms with E-state index in [0.717, 1.165) is 38.2 Å². The first-order valence-electron chi connectivity index (χ1n) is 6.49. The van der Waals surface area contributed by atoms with E-state index in [1.165, 1.54) is 12.8 Å². The fourth-order valence-corrected chi connectivity index (χ4v) is 1.85. The summed E-state index contributed by atoms with van der Waals surface area (Å²) in [4.78, 5) is 6.69. The molecule has 1 aliphatic rings. The quantitative estimate of drug-likeness (QED) is 0.289. The molecule has 0 heterocycles. The minimum absolute atomic E-state index is 0. The number of likely N-dealkylation sites (N-methyl/N-ethyl adjacent to an activating group) is 1. The van der Waals surface area contributed by atoms with E-state index in [2.05, 4.69) is 27.4 Å². The molecule has 0 atom stereocenters. The highest BCUT2D eigenvalue weighted by molar-refractivity contribution is 14.0. The van der Waals surface area contributed by atoms with E-state index < -0.39 is 0 Å². The zero-order valence-electron chi connectivity index (χ0n) is 11.7. The van der Waals surface area contributed by atoms with E-state index in [1.54, 1.807) is 14.2 Å². The molecule has 0 saturated heterocycles. The Kier molecular flexibility index (Phi) is 10.8.